The van der Waals surface area contributed by atoms with E-state index >= 15 is 0 Å². The number of aliphatic hydroxyl groups is 2. The molecular formula is C57H70ClF4N7O7S. The molecular weight excluding hydrogens is 1040 g/mol. The van der Waals surface area contributed by atoms with Gasteiger partial charge in [-0.3, -0.25) is 14.4 Å². The van der Waals surface area contributed by atoms with E-state index < -0.39 is 63.5 Å². The Kier molecular flexibility index (Phi) is 25.1. The van der Waals surface area contributed by atoms with Gasteiger partial charge in [0.2, 0.25) is 15.9 Å². The van der Waals surface area contributed by atoms with Crippen LogP contribution < -0.4 is 21.5 Å². The summed E-state index contributed by atoms with van der Waals surface area (Å²) in [7, 11) is -2.15. The Morgan fingerprint density at radius 1 is 0.623 bits per heavy atom. The maximum absolute atomic E-state index is 13.7. The number of rotatable bonds is 26. The topological polar surface area (TPSA) is 224 Å². The van der Waals surface area contributed by atoms with Gasteiger partial charge in [0.1, 0.15) is 23.3 Å². The summed E-state index contributed by atoms with van der Waals surface area (Å²) in [5, 5.41) is 24.6. The van der Waals surface area contributed by atoms with Crippen LogP contribution in [0.1, 0.15) is 86.6 Å². The predicted molar refractivity (Wildman–Crippen MR) is 292 cm³/mol. The molecule has 2 amide bonds. The molecule has 6 aromatic rings. The second-order valence-corrected chi connectivity index (χ2v) is 20.5. The van der Waals surface area contributed by atoms with Crippen molar-refractivity contribution < 1.29 is 50.6 Å². The number of aromatic amines is 1. The lowest BCUT2D eigenvalue weighted by atomic mass is 10.0. The number of hydrogen-bond acceptors (Lipinski definition) is 10. The number of ketones is 1. The van der Waals surface area contributed by atoms with Gasteiger partial charge in [0.25, 0.3) is 5.91 Å². The van der Waals surface area contributed by atoms with E-state index in [2.05, 4.69) is 15.0 Å². The first-order valence-electron chi connectivity index (χ1n) is 25.1. The van der Waals surface area contributed by atoms with E-state index in [1.807, 2.05) is 69.3 Å². The fourth-order valence-corrected chi connectivity index (χ4v) is 9.44. The molecule has 0 fully saturated rings. The largest absolute Gasteiger partial charge is 0.390 e. The van der Waals surface area contributed by atoms with Crippen LogP contribution in [-0.4, -0.2) is 109 Å². The summed E-state index contributed by atoms with van der Waals surface area (Å²) in [6, 6.07) is 29.0. The molecule has 20 heteroatoms. The van der Waals surface area contributed by atoms with Gasteiger partial charge in [-0.05, 0) is 128 Å². The summed E-state index contributed by atoms with van der Waals surface area (Å²) in [6.07, 6.45) is -0.737. The van der Waals surface area contributed by atoms with E-state index in [9.17, 15) is 50.6 Å². The summed E-state index contributed by atoms with van der Waals surface area (Å²) in [5.41, 5.74) is 18.3. The first kappa shape index (κ1) is 63.2. The fraction of sp³-hybridized carbons (Fsp3) is 0.351. The number of benzene rings is 5. The molecule has 14 nitrogen and oxygen atoms in total. The van der Waals surface area contributed by atoms with Crippen LogP contribution in [0.4, 0.5) is 17.6 Å². The first-order chi connectivity index (χ1) is 36.2. The smallest absolute Gasteiger partial charge is 0.254 e. The zero-order valence-corrected chi connectivity index (χ0v) is 45.3. The molecule has 0 saturated heterocycles. The zero-order valence-electron chi connectivity index (χ0n) is 43.7. The number of nitrogens with two attached hydrogens (primary N) is 2. The molecule has 0 spiro atoms. The fourth-order valence-electron chi connectivity index (χ4n) is 8.36. The summed E-state index contributed by atoms with van der Waals surface area (Å²) in [4.78, 5) is 45.1. The van der Waals surface area contributed by atoms with Crippen molar-refractivity contribution in [3.8, 4) is 0 Å². The first-order valence-corrected chi connectivity index (χ1v) is 26.6. The van der Waals surface area contributed by atoms with E-state index in [0.29, 0.717) is 17.8 Å². The van der Waals surface area contributed by atoms with Gasteiger partial charge in [0.15, 0.2) is 5.78 Å². The highest BCUT2D eigenvalue weighted by molar-refractivity contribution is 7.89. The molecule has 416 valence electrons. The lowest BCUT2D eigenvalue weighted by Gasteiger charge is -2.29. The average Bonchev–Trinajstić information content (AvgIpc) is 3.83. The van der Waals surface area contributed by atoms with Crippen molar-refractivity contribution in [3.05, 3.63) is 195 Å². The standard InChI is InChI=1S/C29H36F2N4O4S.C28H33F2N3O3.ClH/c1-3-20-6-4-7-21(12-20)18-35(19-28(36)27(32)15-22-13-24(30)17-25(31)14-22)29(37)23-8-5-9-26(16-23)40(38,39)34-11-10-33-2;1-3-19-5-4-6-20(11-19)16-33(28(36)10-9-26(34)25-8-7-18(2)32-25)17-27(35)24(31)14-21-12-22(29)15-23(30)13-21;/h4-9,12-14,16-17,27-28,33-34,36H,3,10-11,15,18-19,32H2,1-2H3;4-8,11-13,15,24,27,32,35H,3,9-10,14,16-17,31H2,1-2H3;1H/t27-,28+;24-,27+;/m00./s1. The van der Waals surface area contributed by atoms with Crippen molar-refractivity contribution in [1.82, 2.24) is 24.8 Å². The second-order valence-electron chi connectivity index (χ2n) is 18.7. The molecule has 6 rings (SSSR count). The van der Waals surface area contributed by atoms with Gasteiger partial charge < -0.3 is 41.8 Å². The number of Topliss-reactive ketones (excluding diaryl/α,β-unsaturated/α-hetero) is 1. The van der Waals surface area contributed by atoms with Crippen molar-refractivity contribution >= 4 is 40.0 Å². The minimum Gasteiger partial charge on any atom is -0.390 e. The maximum atomic E-state index is 13.7. The lowest BCUT2D eigenvalue weighted by molar-refractivity contribution is -0.133. The predicted octanol–water partition coefficient (Wildman–Crippen LogP) is 7.11. The van der Waals surface area contributed by atoms with Crippen LogP contribution in [0.2, 0.25) is 0 Å². The third-order valence-corrected chi connectivity index (χ3v) is 14.0. The van der Waals surface area contributed by atoms with Gasteiger partial charge >= 0.3 is 0 Å². The zero-order chi connectivity index (χ0) is 55.5. The number of nitrogens with one attached hydrogen (secondary N) is 3. The second kappa shape index (κ2) is 30.6. The summed E-state index contributed by atoms with van der Waals surface area (Å²) < 4.78 is 82.3. The molecule has 0 radical (unpaired) electrons. The van der Waals surface area contributed by atoms with E-state index in [4.69, 9.17) is 11.5 Å². The molecule has 0 unspecified atom stereocenters. The highest BCUT2D eigenvalue weighted by atomic mass is 35.5. The number of hydrogen-bond donors (Lipinski definition) is 7. The van der Waals surface area contributed by atoms with Crippen LogP contribution in [0.3, 0.4) is 0 Å². The van der Waals surface area contributed by atoms with Gasteiger partial charge in [-0.1, -0.05) is 68.4 Å². The van der Waals surface area contributed by atoms with Crippen LogP contribution >= 0.6 is 12.4 Å². The summed E-state index contributed by atoms with van der Waals surface area (Å²) >= 11 is 0. The molecule has 77 heavy (non-hydrogen) atoms. The van der Waals surface area contributed by atoms with E-state index in [0.717, 1.165) is 65.1 Å². The van der Waals surface area contributed by atoms with Gasteiger partial charge in [-0.2, -0.15) is 0 Å². The number of nitrogens with zero attached hydrogens (tertiary/aromatic N) is 2. The van der Waals surface area contributed by atoms with Crippen LogP contribution in [0, 0.1) is 30.2 Å². The number of aromatic nitrogens is 1. The Balaban J connectivity index is 0.000000330. The molecule has 0 aliphatic heterocycles. The van der Waals surface area contributed by atoms with Crippen molar-refractivity contribution in [2.24, 2.45) is 11.5 Å². The van der Waals surface area contributed by atoms with Gasteiger partial charge in [0, 0.05) is 87.6 Å². The Hall–Kier alpha value is -6.29. The van der Waals surface area contributed by atoms with E-state index in [1.54, 1.807) is 19.2 Å². The minimum absolute atomic E-state index is 0. The van der Waals surface area contributed by atoms with Crippen LogP contribution in [0.15, 0.2) is 126 Å². The number of carbonyl (C=O) groups excluding carboxylic acids is 3. The molecule has 0 aliphatic rings. The molecule has 5 aromatic carbocycles. The lowest BCUT2D eigenvalue weighted by Crippen LogP contribution is -2.46. The average molecular weight is 1110 g/mol. The van der Waals surface area contributed by atoms with Crippen molar-refractivity contribution in [3.63, 3.8) is 0 Å². The number of likely N-dealkylation sites (N-methyl/N-ethyl adjacent to an activating group) is 1. The van der Waals surface area contributed by atoms with Crippen LogP contribution in [0.5, 0.6) is 0 Å². The molecule has 0 saturated carbocycles. The van der Waals surface area contributed by atoms with Crippen molar-refractivity contribution in [2.45, 2.75) is 102 Å². The normalized spacial score (nSPS) is 12.8. The molecule has 0 bridgehead atoms. The highest BCUT2D eigenvalue weighted by Crippen LogP contribution is 2.20. The van der Waals surface area contributed by atoms with Gasteiger partial charge in [-0.15, -0.1) is 12.4 Å². The van der Waals surface area contributed by atoms with E-state index in [1.165, 1.54) is 46.2 Å². The van der Waals surface area contributed by atoms with Crippen molar-refractivity contribution in [1.29, 1.82) is 0 Å². The SMILES string of the molecule is CCc1cccc(CN(C[C@@H](O)[C@@H](N)Cc2cc(F)cc(F)c2)C(=O)CCC(=O)c2ccc(C)[nH]2)c1.CCc1cccc(CN(C[C@@H](O)[C@@H](N)Cc2cc(F)cc(F)c2)C(=O)c2cccc(S(=O)(=O)NCCNC)c2)c1.Cl. The van der Waals surface area contributed by atoms with Gasteiger partial charge in [0.05, 0.1) is 22.8 Å². The van der Waals surface area contributed by atoms with Crippen molar-refractivity contribution in [2.75, 3.05) is 33.2 Å². The third kappa shape index (κ3) is 20.2. The number of carbonyl (C=O) groups is 3. The molecule has 4 atom stereocenters. The molecule has 9 N–H and O–H groups in total. The summed E-state index contributed by atoms with van der Waals surface area (Å²) in [6.45, 7) is 6.60. The maximum Gasteiger partial charge on any atom is 0.254 e. The number of halogens is 5. The highest BCUT2D eigenvalue weighted by Gasteiger charge is 2.27. The number of sulfonamides is 1. The summed E-state index contributed by atoms with van der Waals surface area (Å²) in [5.74, 6) is -3.91. The molecule has 1 heterocycles. The number of H-pyrrole nitrogens is 1. The molecule has 0 aliphatic carbocycles. The quantitative estimate of drug-likeness (QED) is 0.0166. The Labute approximate surface area is 454 Å². The number of aliphatic hydroxyl groups excluding tert-OH is 2. The monoisotopic (exact) mass is 1110 g/mol. The number of amides is 2. The van der Waals surface area contributed by atoms with Crippen LogP contribution in [-0.2, 0) is 53.6 Å². The number of aryl methyl sites for hydroxylation is 3. The third-order valence-electron chi connectivity index (χ3n) is 12.5. The minimum atomic E-state index is -3.85. The Morgan fingerprint density at radius 2 is 1.10 bits per heavy atom. The Morgan fingerprint density at radius 3 is 1.58 bits per heavy atom. The Bertz CT molecular complexity index is 2960. The molecule has 1 aromatic heterocycles. The van der Waals surface area contributed by atoms with Crippen LogP contribution in [0.25, 0.3) is 0 Å². The van der Waals surface area contributed by atoms with E-state index in [-0.39, 0.29) is 98.5 Å². The van der Waals surface area contributed by atoms with Gasteiger partial charge in [-0.25, -0.2) is 30.7 Å².